The number of nitrogens with zero attached hydrogens (tertiary/aromatic N) is 3. The smallest absolute Gasteiger partial charge is 0.117 e. The summed E-state index contributed by atoms with van der Waals surface area (Å²) < 4.78 is 3.13. The molecular formula is C24H17N3S. The number of rotatable bonds is 4. The van der Waals surface area contributed by atoms with Crippen LogP contribution in [0.1, 0.15) is 10.6 Å². The SMILES string of the molecule is C(=Cc1cn(-c2ccccc2)nc1-c1ccccc1)c1nc2ccccc2s1. The molecule has 0 amide bonds. The summed E-state index contributed by atoms with van der Waals surface area (Å²) in [6.07, 6.45) is 6.25. The van der Waals surface area contributed by atoms with Crippen LogP contribution < -0.4 is 0 Å². The zero-order valence-corrected chi connectivity index (χ0v) is 15.9. The second-order valence-electron chi connectivity index (χ2n) is 6.43. The molecule has 0 atom stereocenters. The van der Waals surface area contributed by atoms with E-state index in [0.717, 1.165) is 33.0 Å². The number of aromatic nitrogens is 3. The van der Waals surface area contributed by atoms with Crippen LogP contribution in [0.15, 0.2) is 91.1 Å². The molecular weight excluding hydrogens is 362 g/mol. The largest absolute Gasteiger partial charge is 0.240 e. The normalized spacial score (nSPS) is 11.4. The van der Waals surface area contributed by atoms with Gasteiger partial charge >= 0.3 is 0 Å². The van der Waals surface area contributed by atoms with E-state index in [9.17, 15) is 0 Å². The molecule has 3 nitrogen and oxygen atoms in total. The van der Waals surface area contributed by atoms with Crippen LogP contribution in [0, 0.1) is 0 Å². The number of fused-ring (bicyclic) bond motifs is 1. The van der Waals surface area contributed by atoms with Gasteiger partial charge in [-0.15, -0.1) is 11.3 Å². The van der Waals surface area contributed by atoms with Crippen LogP contribution in [-0.2, 0) is 0 Å². The second kappa shape index (κ2) is 7.25. The Balaban J connectivity index is 1.58. The Labute approximate surface area is 167 Å². The summed E-state index contributed by atoms with van der Waals surface area (Å²) in [7, 11) is 0. The van der Waals surface area contributed by atoms with Crippen molar-refractivity contribution in [1.82, 2.24) is 14.8 Å². The summed E-state index contributed by atoms with van der Waals surface area (Å²) >= 11 is 1.70. The highest BCUT2D eigenvalue weighted by molar-refractivity contribution is 7.19. The van der Waals surface area contributed by atoms with E-state index < -0.39 is 0 Å². The molecule has 28 heavy (non-hydrogen) atoms. The van der Waals surface area contributed by atoms with Gasteiger partial charge in [-0.25, -0.2) is 9.67 Å². The maximum Gasteiger partial charge on any atom is 0.117 e. The highest BCUT2D eigenvalue weighted by Gasteiger charge is 2.10. The van der Waals surface area contributed by atoms with Crippen molar-refractivity contribution in [3.63, 3.8) is 0 Å². The molecule has 2 aromatic heterocycles. The van der Waals surface area contributed by atoms with Gasteiger partial charge in [0.15, 0.2) is 0 Å². The summed E-state index contributed by atoms with van der Waals surface area (Å²) in [5, 5.41) is 5.85. The van der Waals surface area contributed by atoms with Crippen LogP contribution in [0.25, 0.3) is 39.3 Å². The fourth-order valence-electron chi connectivity index (χ4n) is 3.17. The van der Waals surface area contributed by atoms with Crippen LogP contribution in [0.4, 0.5) is 0 Å². The van der Waals surface area contributed by atoms with Crippen molar-refractivity contribution in [2.24, 2.45) is 0 Å². The van der Waals surface area contributed by atoms with Gasteiger partial charge in [-0.05, 0) is 36.4 Å². The van der Waals surface area contributed by atoms with E-state index >= 15 is 0 Å². The maximum absolute atomic E-state index is 4.85. The molecule has 0 spiro atoms. The van der Waals surface area contributed by atoms with E-state index in [2.05, 4.69) is 48.7 Å². The quantitative estimate of drug-likeness (QED) is 0.366. The number of hydrogen-bond donors (Lipinski definition) is 0. The fourth-order valence-corrected chi connectivity index (χ4v) is 4.04. The molecule has 4 heteroatoms. The Morgan fingerprint density at radius 3 is 2.25 bits per heavy atom. The molecule has 0 saturated carbocycles. The molecule has 5 rings (SSSR count). The van der Waals surface area contributed by atoms with Gasteiger partial charge in [-0.1, -0.05) is 60.7 Å². The van der Waals surface area contributed by atoms with Crippen LogP contribution in [0.3, 0.4) is 0 Å². The minimum absolute atomic E-state index is 0.960. The van der Waals surface area contributed by atoms with Crippen molar-refractivity contribution in [1.29, 1.82) is 0 Å². The van der Waals surface area contributed by atoms with E-state index in [-0.39, 0.29) is 0 Å². The van der Waals surface area contributed by atoms with E-state index in [1.54, 1.807) is 11.3 Å². The van der Waals surface area contributed by atoms with E-state index in [1.807, 2.05) is 59.3 Å². The number of hydrogen-bond acceptors (Lipinski definition) is 3. The predicted octanol–water partition coefficient (Wildman–Crippen LogP) is 6.32. The lowest BCUT2D eigenvalue weighted by Crippen LogP contribution is -1.93. The van der Waals surface area contributed by atoms with E-state index in [0.29, 0.717) is 0 Å². The lowest BCUT2D eigenvalue weighted by atomic mass is 10.1. The number of para-hydroxylation sites is 2. The van der Waals surface area contributed by atoms with Crippen molar-refractivity contribution >= 4 is 33.7 Å². The molecule has 134 valence electrons. The van der Waals surface area contributed by atoms with Crippen LogP contribution in [0.5, 0.6) is 0 Å². The third kappa shape index (κ3) is 3.26. The summed E-state index contributed by atoms with van der Waals surface area (Å²) in [5.74, 6) is 0. The van der Waals surface area contributed by atoms with E-state index in [1.165, 1.54) is 4.70 Å². The zero-order valence-electron chi connectivity index (χ0n) is 15.1. The average molecular weight is 379 g/mol. The third-order valence-corrected chi connectivity index (χ3v) is 5.53. The Morgan fingerprint density at radius 2 is 1.46 bits per heavy atom. The molecule has 2 heterocycles. The molecule has 0 N–H and O–H groups in total. The maximum atomic E-state index is 4.85. The molecule has 0 saturated heterocycles. The molecule has 5 aromatic rings. The molecule has 0 fully saturated rings. The van der Waals surface area contributed by atoms with Crippen molar-refractivity contribution in [3.05, 3.63) is 102 Å². The van der Waals surface area contributed by atoms with Gasteiger partial charge in [0.25, 0.3) is 0 Å². The van der Waals surface area contributed by atoms with Gasteiger partial charge in [-0.3, -0.25) is 0 Å². The fraction of sp³-hybridized carbons (Fsp3) is 0. The van der Waals surface area contributed by atoms with Gasteiger partial charge in [0.1, 0.15) is 5.01 Å². The van der Waals surface area contributed by atoms with Crippen molar-refractivity contribution in [3.8, 4) is 16.9 Å². The van der Waals surface area contributed by atoms with Crippen molar-refractivity contribution in [2.75, 3.05) is 0 Å². The zero-order chi connectivity index (χ0) is 18.8. The number of thiazole rings is 1. The monoisotopic (exact) mass is 379 g/mol. The Bertz CT molecular complexity index is 1220. The van der Waals surface area contributed by atoms with Gasteiger partial charge in [0, 0.05) is 17.3 Å². The van der Waals surface area contributed by atoms with E-state index in [4.69, 9.17) is 10.1 Å². The molecule has 0 unspecified atom stereocenters. The third-order valence-electron chi connectivity index (χ3n) is 4.53. The Kier molecular flexibility index (Phi) is 4.31. The van der Waals surface area contributed by atoms with Crippen LogP contribution in [0.2, 0.25) is 0 Å². The first kappa shape index (κ1) is 16.7. The molecule has 3 aromatic carbocycles. The highest BCUT2D eigenvalue weighted by atomic mass is 32.1. The molecule has 0 aliphatic carbocycles. The molecule has 0 radical (unpaired) electrons. The Hall–Kier alpha value is -3.50. The summed E-state index contributed by atoms with van der Waals surface area (Å²) in [6.45, 7) is 0. The van der Waals surface area contributed by atoms with Gasteiger partial charge in [0.2, 0.25) is 0 Å². The topological polar surface area (TPSA) is 30.7 Å². The van der Waals surface area contributed by atoms with Crippen LogP contribution in [-0.4, -0.2) is 14.8 Å². The average Bonchev–Trinajstić information content (AvgIpc) is 3.37. The first-order chi connectivity index (χ1) is 13.9. The summed E-state index contributed by atoms with van der Waals surface area (Å²) in [5.41, 5.74) is 5.20. The minimum atomic E-state index is 0.960. The van der Waals surface area contributed by atoms with Crippen molar-refractivity contribution < 1.29 is 0 Å². The number of benzene rings is 3. The molecule has 0 aliphatic rings. The standard InChI is InChI=1S/C24H17N3S/c1-3-9-18(10-4-1)24-19(17-27(26-24)20-11-5-2-6-12-20)15-16-23-25-21-13-7-8-14-22(21)28-23/h1-17H. The Morgan fingerprint density at radius 1 is 0.750 bits per heavy atom. The van der Waals surface area contributed by atoms with Gasteiger partial charge in [0.05, 0.1) is 21.6 Å². The minimum Gasteiger partial charge on any atom is -0.240 e. The van der Waals surface area contributed by atoms with Gasteiger partial charge in [-0.2, -0.15) is 5.10 Å². The van der Waals surface area contributed by atoms with Gasteiger partial charge < -0.3 is 0 Å². The van der Waals surface area contributed by atoms with Crippen LogP contribution >= 0.6 is 11.3 Å². The summed E-state index contributed by atoms with van der Waals surface area (Å²) in [6, 6.07) is 28.7. The first-order valence-corrected chi connectivity index (χ1v) is 9.93. The lowest BCUT2D eigenvalue weighted by molar-refractivity contribution is 0.884. The first-order valence-electron chi connectivity index (χ1n) is 9.11. The predicted molar refractivity (Wildman–Crippen MR) is 118 cm³/mol. The van der Waals surface area contributed by atoms with Crippen molar-refractivity contribution in [2.45, 2.75) is 0 Å². The summed E-state index contributed by atoms with van der Waals surface area (Å²) in [4.78, 5) is 4.70. The highest BCUT2D eigenvalue weighted by Crippen LogP contribution is 2.27. The second-order valence-corrected chi connectivity index (χ2v) is 7.49. The lowest BCUT2D eigenvalue weighted by Gasteiger charge is -2.00. The molecule has 0 aliphatic heterocycles. The molecule has 0 bridgehead atoms.